The first-order chi connectivity index (χ1) is 11.8. The predicted octanol–water partition coefficient (Wildman–Crippen LogP) is 3.18. The number of carbonyl (C=O) groups excluding carboxylic acids is 1. The van der Waals surface area contributed by atoms with Crippen molar-refractivity contribution in [2.75, 3.05) is 20.3 Å². The van der Waals surface area contributed by atoms with Crippen LogP contribution in [-0.4, -0.2) is 26.2 Å². The second kappa shape index (κ2) is 7.55. The number of furan rings is 1. The van der Waals surface area contributed by atoms with E-state index in [2.05, 4.69) is 5.32 Å². The molecule has 0 unspecified atom stereocenters. The first kappa shape index (κ1) is 15.9. The van der Waals surface area contributed by atoms with Crippen molar-refractivity contribution in [2.45, 2.75) is 6.42 Å². The molecule has 0 aliphatic heterocycles. The first-order valence-corrected chi connectivity index (χ1v) is 7.76. The molecule has 1 N–H and O–H groups in total. The largest absolute Gasteiger partial charge is 0.493 e. The number of hydrogen-bond acceptors (Lipinski definition) is 4. The molecule has 5 nitrogen and oxygen atoms in total. The van der Waals surface area contributed by atoms with Gasteiger partial charge in [0.2, 0.25) is 0 Å². The van der Waals surface area contributed by atoms with Crippen LogP contribution in [0.2, 0.25) is 0 Å². The third kappa shape index (κ3) is 3.87. The molecule has 1 heterocycles. The molecule has 0 saturated carbocycles. The molecule has 0 saturated heterocycles. The number of amides is 1. The topological polar surface area (TPSA) is 60.7 Å². The van der Waals surface area contributed by atoms with Gasteiger partial charge in [0.25, 0.3) is 5.91 Å². The van der Waals surface area contributed by atoms with Gasteiger partial charge in [0.1, 0.15) is 11.3 Å². The van der Waals surface area contributed by atoms with Crippen LogP contribution in [0.1, 0.15) is 5.76 Å². The highest BCUT2D eigenvalue weighted by molar-refractivity contribution is 5.78. The first-order valence-electron chi connectivity index (χ1n) is 7.76. The fourth-order valence-corrected chi connectivity index (χ4v) is 2.42. The molecular formula is C19H19NO4. The van der Waals surface area contributed by atoms with Crippen LogP contribution in [0.4, 0.5) is 0 Å². The summed E-state index contributed by atoms with van der Waals surface area (Å²) in [6, 6.07) is 17.1. The Bertz CT molecular complexity index is 792. The van der Waals surface area contributed by atoms with Crippen molar-refractivity contribution in [2.24, 2.45) is 0 Å². The van der Waals surface area contributed by atoms with Crippen LogP contribution in [0.3, 0.4) is 0 Å². The zero-order chi connectivity index (χ0) is 16.8. The summed E-state index contributed by atoms with van der Waals surface area (Å²) in [4.78, 5) is 11.9. The summed E-state index contributed by atoms with van der Waals surface area (Å²) >= 11 is 0. The average molecular weight is 325 g/mol. The van der Waals surface area contributed by atoms with Gasteiger partial charge in [-0.25, -0.2) is 0 Å². The van der Waals surface area contributed by atoms with Gasteiger partial charge in [-0.15, -0.1) is 0 Å². The highest BCUT2D eigenvalue weighted by atomic mass is 16.5. The summed E-state index contributed by atoms with van der Waals surface area (Å²) in [5, 5.41) is 3.89. The monoisotopic (exact) mass is 325 g/mol. The minimum Gasteiger partial charge on any atom is -0.493 e. The fraction of sp³-hybridized carbons (Fsp3) is 0.211. The molecule has 0 atom stereocenters. The van der Waals surface area contributed by atoms with Crippen LogP contribution >= 0.6 is 0 Å². The number of carbonyl (C=O) groups is 1. The van der Waals surface area contributed by atoms with Crippen molar-refractivity contribution in [3.05, 3.63) is 60.4 Å². The van der Waals surface area contributed by atoms with Crippen LogP contribution in [0.5, 0.6) is 11.5 Å². The van der Waals surface area contributed by atoms with Crippen molar-refractivity contribution < 1.29 is 18.7 Å². The Morgan fingerprint density at radius 3 is 2.62 bits per heavy atom. The highest BCUT2D eigenvalue weighted by Crippen LogP contribution is 2.25. The number of rotatable bonds is 7. The van der Waals surface area contributed by atoms with E-state index in [4.69, 9.17) is 13.9 Å². The number of hydrogen-bond donors (Lipinski definition) is 1. The maximum atomic E-state index is 11.9. The molecule has 124 valence electrons. The molecule has 0 fully saturated rings. The summed E-state index contributed by atoms with van der Waals surface area (Å²) < 4.78 is 16.4. The quantitative estimate of drug-likeness (QED) is 0.725. The minimum atomic E-state index is -0.183. The van der Waals surface area contributed by atoms with E-state index in [9.17, 15) is 4.79 Å². The minimum absolute atomic E-state index is 0.0551. The molecule has 3 rings (SSSR count). The van der Waals surface area contributed by atoms with Gasteiger partial charge >= 0.3 is 0 Å². The predicted molar refractivity (Wildman–Crippen MR) is 91.4 cm³/mol. The van der Waals surface area contributed by atoms with Crippen molar-refractivity contribution in [1.82, 2.24) is 5.32 Å². The Morgan fingerprint density at radius 2 is 1.83 bits per heavy atom. The zero-order valence-electron chi connectivity index (χ0n) is 13.5. The molecule has 0 aliphatic carbocycles. The highest BCUT2D eigenvalue weighted by Gasteiger charge is 2.07. The van der Waals surface area contributed by atoms with E-state index in [-0.39, 0.29) is 12.5 Å². The van der Waals surface area contributed by atoms with Crippen LogP contribution in [0, 0.1) is 0 Å². The summed E-state index contributed by atoms with van der Waals surface area (Å²) in [6.45, 7) is 0.439. The van der Waals surface area contributed by atoms with Crippen LogP contribution in [0.15, 0.2) is 59.0 Å². The molecule has 0 aliphatic rings. The fourth-order valence-electron chi connectivity index (χ4n) is 2.42. The third-order valence-corrected chi connectivity index (χ3v) is 3.60. The summed E-state index contributed by atoms with van der Waals surface area (Å²) in [5.41, 5.74) is 0.860. The van der Waals surface area contributed by atoms with E-state index in [1.807, 2.05) is 42.5 Å². The Hall–Kier alpha value is -2.95. The van der Waals surface area contributed by atoms with Crippen molar-refractivity contribution in [3.63, 3.8) is 0 Å². The molecule has 0 radical (unpaired) electrons. The molecule has 1 amide bonds. The second-order valence-corrected chi connectivity index (χ2v) is 5.29. The normalized spacial score (nSPS) is 10.5. The Balaban J connectivity index is 1.45. The van der Waals surface area contributed by atoms with E-state index in [1.165, 1.54) is 0 Å². The smallest absolute Gasteiger partial charge is 0.257 e. The van der Waals surface area contributed by atoms with Gasteiger partial charge in [-0.2, -0.15) is 0 Å². The lowest BCUT2D eigenvalue weighted by Gasteiger charge is -2.10. The molecule has 5 heteroatoms. The van der Waals surface area contributed by atoms with E-state index >= 15 is 0 Å². The van der Waals surface area contributed by atoms with Gasteiger partial charge in [0.15, 0.2) is 18.1 Å². The molecule has 0 spiro atoms. The van der Waals surface area contributed by atoms with Crippen LogP contribution in [-0.2, 0) is 11.2 Å². The number of methoxy groups -OCH3 is 1. The Labute approximate surface area is 140 Å². The van der Waals surface area contributed by atoms with Crippen LogP contribution < -0.4 is 14.8 Å². The number of ether oxygens (including phenoxy) is 2. The van der Waals surface area contributed by atoms with Crippen molar-refractivity contribution >= 4 is 16.9 Å². The molecule has 0 bridgehead atoms. The molecule has 24 heavy (non-hydrogen) atoms. The SMILES string of the molecule is COc1ccccc1OCC(=O)NCCc1cc2ccccc2o1. The maximum absolute atomic E-state index is 11.9. The Morgan fingerprint density at radius 1 is 1.08 bits per heavy atom. The third-order valence-electron chi connectivity index (χ3n) is 3.60. The van der Waals surface area contributed by atoms with E-state index in [1.54, 1.807) is 19.2 Å². The van der Waals surface area contributed by atoms with E-state index in [0.717, 1.165) is 16.7 Å². The summed E-state index contributed by atoms with van der Waals surface area (Å²) in [6.07, 6.45) is 0.634. The average Bonchev–Trinajstić information content (AvgIpc) is 3.03. The summed E-state index contributed by atoms with van der Waals surface area (Å²) in [7, 11) is 1.57. The second-order valence-electron chi connectivity index (χ2n) is 5.29. The lowest BCUT2D eigenvalue weighted by molar-refractivity contribution is -0.123. The lowest BCUT2D eigenvalue weighted by Crippen LogP contribution is -2.30. The lowest BCUT2D eigenvalue weighted by atomic mass is 10.2. The summed E-state index contributed by atoms with van der Waals surface area (Å²) in [5.74, 6) is 1.82. The number of nitrogens with one attached hydrogen (secondary N) is 1. The standard InChI is InChI=1S/C19H19NO4/c1-22-17-8-4-5-9-18(17)23-13-19(21)20-11-10-15-12-14-6-2-3-7-16(14)24-15/h2-9,12H,10-11,13H2,1H3,(H,20,21). The number of para-hydroxylation sites is 3. The molecule has 3 aromatic rings. The van der Waals surface area contributed by atoms with Gasteiger partial charge < -0.3 is 19.2 Å². The van der Waals surface area contributed by atoms with Crippen LogP contribution in [0.25, 0.3) is 11.0 Å². The number of benzene rings is 2. The zero-order valence-corrected chi connectivity index (χ0v) is 13.5. The molecule has 2 aromatic carbocycles. The van der Waals surface area contributed by atoms with Gasteiger partial charge in [0, 0.05) is 18.4 Å². The van der Waals surface area contributed by atoms with E-state index in [0.29, 0.717) is 24.5 Å². The number of fused-ring (bicyclic) bond motifs is 1. The van der Waals surface area contributed by atoms with E-state index < -0.39 is 0 Å². The van der Waals surface area contributed by atoms with Gasteiger partial charge in [-0.1, -0.05) is 30.3 Å². The Kier molecular flexibility index (Phi) is 5.01. The van der Waals surface area contributed by atoms with Crippen molar-refractivity contribution in [1.29, 1.82) is 0 Å². The van der Waals surface area contributed by atoms with Gasteiger partial charge in [0.05, 0.1) is 7.11 Å². The molecular weight excluding hydrogens is 306 g/mol. The molecule has 1 aromatic heterocycles. The maximum Gasteiger partial charge on any atom is 0.257 e. The van der Waals surface area contributed by atoms with Gasteiger partial charge in [-0.3, -0.25) is 4.79 Å². The van der Waals surface area contributed by atoms with Gasteiger partial charge in [-0.05, 0) is 24.3 Å². The van der Waals surface area contributed by atoms with Crippen molar-refractivity contribution in [3.8, 4) is 11.5 Å².